The first-order chi connectivity index (χ1) is 15.3. The summed E-state index contributed by atoms with van der Waals surface area (Å²) in [5, 5.41) is 30.4. The van der Waals surface area contributed by atoms with Crippen molar-refractivity contribution in [2.45, 2.75) is 20.8 Å². The summed E-state index contributed by atoms with van der Waals surface area (Å²) in [5.41, 5.74) is 5.16. The molecule has 0 aliphatic carbocycles. The quantitative estimate of drug-likeness (QED) is 0.320. The van der Waals surface area contributed by atoms with E-state index in [1.54, 1.807) is 36.4 Å². The minimum absolute atomic E-state index is 0.0757. The fraction of sp³-hybridized carbons (Fsp3) is 0.111. The molecule has 5 heteroatoms. The second-order valence-corrected chi connectivity index (χ2v) is 7.96. The van der Waals surface area contributed by atoms with E-state index in [1.165, 1.54) is 0 Å². The Bertz CT molecular complexity index is 1170. The van der Waals surface area contributed by atoms with Crippen molar-refractivity contribution < 1.29 is 20.1 Å². The highest BCUT2D eigenvalue weighted by Gasteiger charge is 2.15. The molecule has 0 aliphatic heterocycles. The van der Waals surface area contributed by atoms with Gasteiger partial charge in [0.15, 0.2) is 11.5 Å². The lowest BCUT2D eigenvalue weighted by molar-refractivity contribution is 0.411. The second kappa shape index (κ2) is 8.55. The van der Waals surface area contributed by atoms with Crippen LogP contribution in [0.25, 0.3) is 0 Å². The second-order valence-electron chi connectivity index (χ2n) is 7.96. The number of rotatable bonds is 5. The van der Waals surface area contributed by atoms with Gasteiger partial charge in [-0.15, -0.1) is 0 Å². The van der Waals surface area contributed by atoms with Crippen LogP contribution in [0.15, 0.2) is 78.9 Å². The van der Waals surface area contributed by atoms with E-state index in [1.807, 2.05) is 68.1 Å². The summed E-state index contributed by atoms with van der Waals surface area (Å²) < 4.78 is 5.86. The van der Waals surface area contributed by atoms with Gasteiger partial charge in [-0.05, 0) is 98.1 Å². The van der Waals surface area contributed by atoms with Crippen LogP contribution in [0.4, 0.5) is 17.1 Å². The molecular weight excluding hydrogens is 402 g/mol. The SMILES string of the molecule is Cc1cc(O)cc(N(c2ccc(Oc3cc(C)ccc3O)cc2)c2cc(C)cc(O)c2)c1. The minimum atomic E-state index is 0.0757. The first-order valence-electron chi connectivity index (χ1n) is 10.3. The van der Waals surface area contributed by atoms with Gasteiger partial charge in [0, 0.05) is 17.8 Å². The van der Waals surface area contributed by atoms with E-state index in [9.17, 15) is 15.3 Å². The first-order valence-corrected chi connectivity index (χ1v) is 10.3. The molecule has 32 heavy (non-hydrogen) atoms. The van der Waals surface area contributed by atoms with E-state index in [2.05, 4.69) is 0 Å². The molecule has 0 spiro atoms. The smallest absolute Gasteiger partial charge is 0.169 e. The van der Waals surface area contributed by atoms with Gasteiger partial charge in [0.05, 0.1) is 11.4 Å². The molecule has 0 aliphatic rings. The third-order valence-corrected chi connectivity index (χ3v) is 5.05. The molecule has 0 bridgehead atoms. The van der Waals surface area contributed by atoms with Gasteiger partial charge >= 0.3 is 0 Å². The number of hydrogen-bond donors (Lipinski definition) is 3. The number of phenols is 3. The van der Waals surface area contributed by atoms with Crippen molar-refractivity contribution in [3.8, 4) is 28.7 Å². The van der Waals surface area contributed by atoms with E-state index in [4.69, 9.17) is 4.74 Å². The standard InChI is InChI=1S/C27H25NO4/c1-17-4-9-26(31)27(14-17)32-25-7-5-20(6-8-25)28(21-10-18(2)12-23(29)15-21)22-11-19(3)13-24(30)16-22/h4-16,29-31H,1-3H3. The maximum absolute atomic E-state index is 10.2. The summed E-state index contributed by atoms with van der Waals surface area (Å²) >= 11 is 0. The monoisotopic (exact) mass is 427 g/mol. The highest BCUT2D eigenvalue weighted by molar-refractivity contribution is 5.78. The number of aromatic hydroxyl groups is 3. The fourth-order valence-electron chi connectivity index (χ4n) is 3.68. The van der Waals surface area contributed by atoms with Gasteiger partial charge in [-0.25, -0.2) is 0 Å². The van der Waals surface area contributed by atoms with E-state index in [0.29, 0.717) is 11.5 Å². The van der Waals surface area contributed by atoms with Gasteiger partial charge in [0.25, 0.3) is 0 Å². The lowest BCUT2D eigenvalue weighted by atomic mass is 10.1. The summed E-state index contributed by atoms with van der Waals surface area (Å²) in [6.45, 7) is 5.77. The average molecular weight is 428 g/mol. The molecule has 0 amide bonds. The molecule has 0 saturated carbocycles. The molecule has 0 heterocycles. The Morgan fingerprint density at radius 1 is 0.562 bits per heavy atom. The van der Waals surface area contributed by atoms with E-state index in [-0.39, 0.29) is 17.2 Å². The van der Waals surface area contributed by atoms with E-state index in [0.717, 1.165) is 33.8 Å². The molecule has 162 valence electrons. The fourth-order valence-corrected chi connectivity index (χ4v) is 3.68. The Balaban J connectivity index is 1.75. The zero-order valence-corrected chi connectivity index (χ0v) is 18.2. The number of ether oxygens (including phenoxy) is 1. The van der Waals surface area contributed by atoms with Crippen molar-refractivity contribution in [1.82, 2.24) is 0 Å². The lowest BCUT2D eigenvalue weighted by Gasteiger charge is -2.26. The summed E-state index contributed by atoms with van der Waals surface area (Å²) in [7, 11) is 0. The molecule has 3 N–H and O–H groups in total. The molecular formula is C27H25NO4. The van der Waals surface area contributed by atoms with Gasteiger partial charge in [0.1, 0.15) is 17.2 Å². The van der Waals surface area contributed by atoms with Crippen LogP contribution in [0.2, 0.25) is 0 Å². The van der Waals surface area contributed by atoms with Gasteiger partial charge < -0.3 is 25.0 Å². The Morgan fingerprint density at radius 2 is 1.12 bits per heavy atom. The molecule has 0 unspecified atom stereocenters. The number of nitrogens with zero attached hydrogens (tertiary/aromatic N) is 1. The number of aryl methyl sites for hydroxylation is 3. The Hall–Kier alpha value is -4.12. The molecule has 4 aromatic rings. The molecule has 5 nitrogen and oxygen atoms in total. The third kappa shape index (κ3) is 4.62. The molecule has 0 atom stereocenters. The van der Waals surface area contributed by atoms with Crippen LogP contribution in [-0.2, 0) is 0 Å². The highest BCUT2D eigenvalue weighted by atomic mass is 16.5. The third-order valence-electron chi connectivity index (χ3n) is 5.05. The predicted octanol–water partition coefficient (Wildman–Crippen LogP) is 6.99. The Kier molecular flexibility index (Phi) is 5.65. The maximum Gasteiger partial charge on any atom is 0.169 e. The number of benzene rings is 4. The van der Waals surface area contributed by atoms with Crippen LogP contribution in [0.1, 0.15) is 16.7 Å². The lowest BCUT2D eigenvalue weighted by Crippen LogP contribution is -2.10. The van der Waals surface area contributed by atoms with Crippen molar-refractivity contribution in [1.29, 1.82) is 0 Å². The van der Waals surface area contributed by atoms with Gasteiger partial charge in [0.2, 0.25) is 0 Å². The van der Waals surface area contributed by atoms with Crippen molar-refractivity contribution in [2.75, 3.05) is 4.90 Å². The molecule has 0 aromatic heterocycles. The Morgan fingerprint density at radius 3 is 1.66 bits per heavy atom. The van der Waals surface area contributed by atoms with Crippen molar-refractivity contribution in [2.24, 2.45) is 0 Å². The van der Waals surface area contributed by atoms with Crippen LogP contribution in [0, 0.1) is 20.8 Å². The summed E-state index contributed by atoms with van der Waals surface area (Å²) in [6, 6.07) is 23.3. The zero-order chi connectivity index (χ0) is 22.8. The highest BCUT2D eigenvalue weighted by Crippen LogP contribution is 2.40. The van der Waals surface area contributed by atoms with Gasteiger partial charge in [-0.2, -0.15) is 0 Å². The molecule has 0 saturated heterocycles. The molecule has 4 aromatic carbocycles. The van der Waals surface area contributed by atoms with E-state index < -0.39 is 0 Å². The largest absolute Gasteiger partial charge is 0.508 e. The van der Waals surface area contributed by atoms with Crippen LogP contribution >= 0.6 is 0 Å². The van der Waals surface area contributed by atoms with Crippen LogP contribution < -0.4 is 9.64 Å². The summed E-state index contributed by atoms with van der Waals surface area (Å²) in [5.74, 6) is 1.37. The topological polar surface area (TPSA) is 73.2 Å². The number of phenolic OH excluding ortho intramolecular Hbond substituents is 3. The minimum Gasteiger partial charge on any atom is -0.508 e. The van der Waals surface area contributed by atoms with Gasteiger partial charge in [-0.1, -0.05) is 6.07 Å². The molecule has 0 radical (unpaired) electrons. The summed E-state index contributed by atoms with van der Waals surface area (Å²) in [4.78, 5) is 1.95. The van der Waals surface area contributed by atoms with Crippen LogP contribution in [0.3, 0.4) is 0 Å². The average Bonchev–Trinajstić information content (AvgIpc) is 2.71. The summed E-state index contributed by atoms with van der Waals surface area (Å²) in [6.07, 6.45) is 0. The zero-order valence-electron chi connectivity index (χ0n) is 18.2. The number of anilines is 3. The molecule has 0 fully saturated rings. The van der Waals surface area contributed by atoms with E-state index >= 15 is 0 Å². The molecule has 4 rings (SSSR count). The number of hydrogen-bond acceptors (Lipinski definition) is 5. The van der Waals surface area contributed by atoms with Gasteiger partial charge in [-0.3, -0.25) is 0 Å². The van der Waals surface area contributed by atoms with Crippen molar-refractivity contribution in [3.63, 3.8) is 0 Å². The predicted molar refractivity (Wildman–Crippen MR) is 127 cm³/mol. The normalized spacial score (nSPS) is 10.7. The Labute approximate surface area is 187 Å². The van der Waals surface area contributed by atoms with Crippen LogP contribution in [0.5, 0.6) is 28.7 Å². The van der Waals surface area contributed by atoms with Crippen molar-refractivity contribution in [3.05, 3.63) is 95.6 Å². The maximum atomic E-state index is 10.2. The first kappa shape index (κ1) is 21.1. The van der Waals surface area contributed by atoms with Crippen LogP contribution in [-0.4, -0.2) is 15.3 Å². The van der Waals surface area contributed by atoms with Crippen molar-refractivity contribution >= 4 is 17.1 Å².